The minimum absolute atomic E-state index is 0.139. The monoisotopic (exact) mass is 251 g/mol. The van der Waals surface area contributed by atoms with Crippen LogP contribution in [0.5, 0.6) is 0 Å². The molecule has 0 radical (unpaired) electrons. The van der Waals surface area contributed by atoms with E-state index >= 15 is 0 Å². The zero-order valence-electron chi connectivity index (χ0n) is 11.5. The maximum atomic E-state index is 12.4. The molecule has 0 aromatic carbocycles. The van der Waals surface area contributed by atoms with E-state index < -0.39 is 5.54 Å². The number of nitrogens with one attached hydrogen (secondary N) is 1. The Hall–Kier alpha value is -1.36. The Morgan fingerprint density at radius 2 is 2.28 bits per heavy atom. The van der Waals surface area contributed by atoms with Crippen LogP contribution in [0.4, 0.5) is 0 Å². The first-order valence-electron chi connectivity index (χ1n) is 6.36. The molecule has 5 nitrogen and oxygen atoms in total. The highest BCUT2D eigenvalue weighted by atomic mass is 16.5. The van der Waals surface area contributed by atoms with Gasteiger partial charge in [-0.1, -0.05) is 5.16 Å². The maximum Gasteiger partial charge on any atom is 0.242 e. The zero-order valence-corrected chi connectivity index (χ0v) is 11.5. The number of carbonyl (C=O) groups is 1. The van der Waals surface area contributed by atoms with Crippen LogP contribution in [-0.2, 0) is 11.3 Å². The normalized spacial score (nSPS) is 23.3. The minimum atomic E-state index is -0.409. The van der Waals surface area contributed by atoms with Crippen LogP contribution < -0.4 is 5.32 Å². The number of aryl methyl sites for hydroxylation is 2. The Bertz CT molecular complexity index is 428. The first-order chi connectivity index (χ1) is 8.44. The molecule has 1 unspecified atom stereocenters. The predicted octanol–water partition coefficient (Wildman–Crippen LogP) is 1.39. The molecule has 1 aromatic rings. The van der Waals surface area contributed by atoms with Gasteiger partial charge in [0.25, 0.3) is 0 Å². The van der Waals surface area contributed by atoms with E-state index in [1.165, 1.54) is 0 Å². The fraction of sp³-hybridized carbons (Fsp3) is 0.692. The molecule has 0 bridgehead atoms. The third-order valence-corrected chi connectivity index (χ3v) is 3.76. The predicted molar refractivity (Wildman–Crippen MR) is 68.1 cm³/mol. The van der Waals surface area contributed by atoms with Gasteiger partial charge in [-0.2, -0.15) is 0 Å². The van der Waals surface area contributed by atoms with Crippen molar-refractivity contribution in [2.75, 3.05) is 13.6 Å². The summed E-state index contributed by atoms with van der Waals surface area (Å²) >= 11 is 0. The highest BCUT2D eigenvalue weighted by Gasteiger charge is 2.38. The highest BCUT2D eigenvalue weighted by Crippen LogP contribution is 2.22. The van der Waals surface area contributed by atoms with Crippen molar-refractivity contribution >= 4 is 5.91 Å². The molecule has 2 rings (SSSR count). The zero-order chi connectivity index (χ0) is 13.3. The standard InChI is InChI=1S/C13H21N3O2/c1-9-11(10(2)18-15-9)8-16(4)12(17)13(3)6-5-7-14-13/h14H,5-8H2,1-4H3. The second-order valence-electron chi connectivity index (χ2n) is 5.33. The number of nitrogens with zero attached hydrogens (tertiary/aromatic N) is 2. The van der Waals surface area contributed by atoms with Gasteiger partial charge < -0.3 is 14.7 Å². The Balaban J connectivity index is 2.08. The van der Waals surface area contributed by atoms with Crippen LogP contribution in [0.1, 0.15) is 36.8 Å². The van der Waals surface area contributed by atoms with Crippen LogP contribution >= 0.6 is 0 Å². The summed E-state index contributed by atoms with van der Waals surface area (Å²) in [6.07, 6.45) is 1.96. The van der Waals surface area contributed by atoms with E-state index in [0.717, 1.165) is 36.4 Å². The number of rotatable bonds is 3. The molecule has 1 fully saturated rings. The van der Waals surface area contributed by atoms with Crippen LogP contribution in [0.2, 0.25) is 0 Å². The summed E-state index contributed by atoms with van der Waals surface area (Å²) < 4.78 is 5.12. The third-order valence-electron chi connectivity index (χ3n) is 3.76. The number of likely N-dealkylation sites (N-methyl/N-ethyl adjacent to an activating group) is 1. The number of aromatic nitrogens is 1. The Labute approximate surface area is 108 Å². The molecule has 1 N–H and O–H groups in total. The van der Waals surface area contributed by atoms with E-state index in [-0.39, 0.29) is 5.91 Å². The van der Waals surface area contributed by atoms with Crippen molar-refractivity contribution in [3.05, 3.63) is 17.0 Å². The molecule has 18 heavy (non-hydrogen) atoms. The highest BCUT2D eigenvalue weighted by molar-refractivity contribution is 5.86. The minimum Gasteiger partial charge on any atom is -0.361 e. The van der Waals surface area contributed by atoms with Gasteiger partial charge in [-0.05, 0) is 40.2 Å². The van der Waals surface area contributed by atoms with Crippen molar-refractivity contribution in [1.29, 1.82) is 0 Å². The summed E-state index contributed by atoms with van der Waals surface area (Å²) in [4.78, 5) is 14.2. The second-order valence-corrected chi connectivity index (χ2v) is 5.33. The Morgan fingerprint density at radius 1 is 1.56 bits per heavy atom. The third kappa shape index (κ3) is 2.27. The van der Waals surface area contributed by atoms with Crippen molar-refractivity contribution in [2.24, 2.45) is 0 Å². The topological polar surface area (TPSA) is 58.4 Å². The van der Waals surface area contributed by atoms with Crippen molar-refractivity contribution < 1.29 is 9.32 Å². The molecule has 1 atom stereocenters. The molecule has 0 aliphatic carbocycles. The van der Waals surface area contributed by atoms with E-state index in [1.807, 2.05) is 27.8 Å². The van der Waals surface area contributed by atoms with E-state index in [1.54, 1.807) is 4.90 Å². The lowest BCUT2D eigenvalue weighted by molar-refractivity contribution is -0.136. The molecular formula is C13H21N3O2. The SMILES string of the molecule is Cc1noc(C)c1CN(C)C(=O)C1(C)CCCN1. The molecule has 1 saturated heterocycles. The van der Waals surface area contributed by atoms with Crippen molar-refractivity contribution in [2.45, 2.75) is 45.7 Å². The fourth-order valence-corrected chi connectivity index (χ4v) is 2.53. The lowest BCUT2D eigenvalue weighted by atomic mass is 9.98. The molecule has 100 valence electrons. The molecule has 1 aliphatic heterocycles. The molecule has 1 aliphatic rings. The van der Waals surface area contributed by atoms with Gasteiger partial charge in [-0.25, -0.2) is 0 Å². The molecule has 0 saturated carbocycles. The summed E-state index contributed by atoms with van der Waals surface area (Å²) in [5, 5.41) is 7.21. The summed E-state index contributed by atoms with van der Waals surface area (Å²) in [7, 11) is 1.83. The number of hydrogen-bond acceptors (Lipinski definition) is 4. The van der Waals surface area contributed by atoms with Crippen LogP contribution in [0.3, 0.4) is 0 Å². The lowest BCUT2D eigenvalue weighted by Crippen LogP contribution is -2.51. The lowest BCUT2D eigenvalue weighted by Gasteiger charge is -2.29. The van der Waals surface area contributed by atoms with Crippen molar-refractivity contribution in [1.82, 2.24) is 15.4 Å². The van der Waals surface area contributed by atoms with E-state index in [9.17, 15) is 4.79 Å². The summed E-state index contributed by atoms with van der Waals surface area (Å²) in [6, 6.07) is 0. The number of hydrogen-bond donors (Lipinski definition) is 1. The van der Waals surface area contributed by atoms with Gasteiger partial charge in [0.15, 0.2) is 0 Å². The largest absolute Gasteiger partial charge is 0.361 e. The first-order valence-corrected chi connectivity index (χ1v) is 6.36. The number of amides is 1. The van der Waals surface area contributed by atoms with Gasteiger partial charge in [0.05, 0.1) is 17.8 Å². The molecular weight excluding hydrogens is 230 g/mol. The quantitative estimate of drug-likeness (QED) is 0.882. The summed E-state index contributed by atoms with van der Waals surface area (Å²) in [6.45, 7) is 7.23. The maximum absolute atomic E-state index is 12.4. The summed E-state index contributed by atoms with van der Waals surface area (Å²) in [5.41, 5.74) is 1.46. The molecule has 1 amide bonds. The smallest absolute Gasteiger partial charge is 0.242 e. The van der Waals surface area contributed by atoms with Gasteiger partial charge >= 0.3 is 0 Å². The summed E-state index contributed by atoms with van der Waals surface area (Å²) in [5.74, 6) is 0.927. The van der Waals surface area contributed by atoms with Crippen molar-refractivity contribution in [3.63, 3.8) is 0 Å². The van der Waals surface area contributed by atoms with E-state index in [4.69, 9.17) is 4.52 Å². The van der Waals surface area contributed by atoms with Gasteiger partial charge in [-0.15, -0.1) is 0 Å². The van der Waals surface area contributed by atoms with Gasteiger partial charge in [-0.3, -0.25) is 4.79 Å². The number of carbonyl (C=O) groups excluding carboxylic acids is 1. The van der Waals surface area contributed by atoms with E-state index in [0.29, 0.717) is 6.54 Å². The van der Waals surface area contributed by atoms with Crippen LogP contribution in [0.25, 0.3) is 0 Å². The fourth-order valence-electron chi connectivity index (χ4n) is 2.53. The van der Waals surface area contributed by atoms with Gasteiger partial charge in [0.1, 0.15) is 5.76 Å². The van der Waals surface area contributed by atoms with Gasteiger partial charge in [0.2, 0.25) is 5.91 Å². The average Bonchev–Trinajstić information content (AvgIpc) is 2.90. The van der Waals surface area contributed by atoms with Crippen LogP contribution in [0.15, 0.2) is 4.52 Å². The molecule has 0 spiro atoms. The molecule has 5 heteroatoms. The van der Waals surface area contributed by atoms with Crippen molar-refractivity contribution in [3.8, 4) is 0 Å². The van der Waals surface area contributed by atoms with E-state index in [2.05, 4.69) is 10.5 Å². The van der Waals surface area contributed by atoms with Gasteiger partial charge in [0, 0.05) is 12.6 Å². The molecule has 1 aromatic heterocycles. The average molecular weight is 251 g/mol. The Kier molecular flexibility index (Phi) is 3.43. The Morgan fingerprint density at radius 3 is 2.78 bits per heavy atom. The van der Waals surface area contributed by atoms with Crippen LogP contribution in [-0.4, -0.2) is 35.1 Å². The van der Waals surface area contributed by atoms with Crippen LogP contribution in [0, 0.1) is 13.8 Å². The second kappa shape index (κ2) is 4.72. The molecule has 2 heterocycles. The first kappa shape index (κ1) is 13.1.